The van der Waals surface area contributed by atoms with Crippen LogP contribution in [0, 0.1) is 0 Å². The molecule has 0 aliphatic heterocycles. The molecule has 0 saturated carbocycles. The molecule has 1 aliphatic rings. The Morgan fingerprint density at radius 2 is 2.35 bits per heavy atom. The van der Waals surface area contributed by atoms with Gasteiger partial charge in [0, 0.05) is 6.04 Å². The Balaban J connectivity index is 2.10. The number of nitrogens with two attached hydrogens (primary N) is 1. The molecule has 0 fully saturated rings. The largest absolute Gasteiger partial charge is 0.482 e. The lowest BCUT2D eigenvalue weighted by Gasteiger charge is -2.22. The van der Waals surface area contributed by atoms with Gasteiger partial charge in [0.15, 0.2) is 6.61 Å². The van der Waals surface area contributed by atoms with E-state index in [-0.39, 0.29) is 18.6 Å². The van der Waals surface area contributed by atoms with Crippen molar-refractivity contribution in [1.82, 2.24) is 0 Å². The van der Waals surface area contributed by atoms with E-state index < -0.39 is 0 Å². The number of methoxy groups -OCH3 is 1. The Kier molecular flexibility index (Phi) is 3.64. The molecule has 17 heavy (non-hydrogen) atoms. The highest BCUT2D eigenvalue weighted by Crippen LogP contribution is 2.30. The van der Waals surface area contributed by atoms with E-state index in [1.807, 2.05) is 18.2 Å². The zero-order valence-electron chi connectivity index (χ0n) is 9.94. The van der Waals surface area contributed by atoms with Crippen molar-refractivity contribution in [3.8, 4) is 5.75 Å². The van der Waals surface area contributed by atoms with E-state index in [1.165, 1.54) is 12.7 Å². The first kappa shape index (κ1) is 11.9. The summed E-state index contributed by atoms with van der Waals surface area (Å²) in [4.78, 5) is 11.0. The van der Waals surface area contributed by atoms with Crippen LogP contribution in [0.15, 0.2) is 18.2 Å². The second-order valence-electron chi connectivity index (χ2n) is 4.22. The molecule has 0 amide bonds. The predicted molar refractivity (Wildman–Crippen MR) is 63.8 cm³/mol. The molecule has 4 nitrogen and oxygen atoms in total. The average Bonchev–Trinajstić information content (AvgIpc) is 2.36. The minimum Gasteiger partial charge on any atom is -0.482 e. The van der Waals surface area contributed by atoms with E-state index >= 15 is 0 Å². The zero-order chi connectivity index (χ0) is 12.3. The monoisotopic (exact) mass is 235 g/mol. The molecule has 1 aliphatic carbocycles. The number of ether oxygens (including phenoxy) is 2. The number of esters is 1. The predicted octanol–water partition coefficient (Wildman–Crippen LogP) is 1.57. The van der Waals surface area contributed by atoms with Crippen molar-refractivity contribution in [3.05, 3.63) is 29.3 Å². The number of benzene rings is 1. The van der Waals surface area contributed by atoms with E-state index in [0.29, 0.717) is 5.75 Å². The quantitative estimate of drug-likeness (QED) is 0.808. The fourth-order valence-electron chi connectivity index (χ4n) is 2.10. The number of fused-ring (bicyclic) bond motifs is 1. The Labute approximate surface area is 101 Å². The lowest BCUT2D eigenvalue weighted by atomic mass is 9.88. The van der Waals surface area contributed by atoms with Crippen molar-refractivity contribution in [3.63, 3.8) is 0 Å². The van der Waals surface area contributed by atoms with Gasteiger partial charge in [-0.25, -0.2) is 4.79 Å². The third-order valence-electron chi connectivity index (χ3n) is 3.06. The number of hydrogen-bond donors (Lipinski definition) is 1. The van der Waals surface area contributed by atoms with Crippen molar-refractivity contribution in [2.24, 2.45) is 5.73 Å². The lowest BCUT2D eigenvalue weighted by Crippen LogP contribution is -2.18. The minimum atomic E-state index is -0.382. The first-order chi connectivity index (χ1) is 8.20. The molecule has 0 bridgehead atoms. The highest BCUT2D eigenvalue weighted by atomic mass is 16.6. The Morgan fingerprint density at radius 1 is 1.53 bits per heavy atom. The van der Waals surface area contributed by atoms with Crippen LogP contribution in [0.4, 0.5) is 0 Å². The van der Waals surface area contributed by atoms with E-state index in [9.17, 15) is 4.79 Å². The summed E-state index contributed by atoms with van der Waals surface area (Å²) in [6.45, 7) is -0.0650. The molecule has 1 aromatic carbocycles. The molecule has 0 radical (unpaired) electrons. The van der Waals surface area contributed by atoms with Gasteiger partial charge in [-0.2, -0.15) is 0 Å². The van der Waals surface area contributed by atoms with Crippen LogP contribution in [-0.4, -0.2) is 19.7 Å². The second kappa shape index (κ2) is 5.19. The van der Waals surface area contributed by atoms with Crippen molar-refractivity contribution in [1.29, 1.82) is 0 Å². The van der Waals surface area contributed by atoms with Gasteiger partial charge in [-0.3, -0.25) is 0 Å². The van der Waals surface area contributed by atoms with Crippen LogP contribution in [-0.2, 0) is 16.0 Å². The van der Waals surface area contributed by atoms with Crippen LogP contribution in [0.2, 0.25) is 0 Å². The lowest BCUT2D eigenvalue weighted by molar-refractivity contribution is -0.142. The van der Waals surface area contributed by atoms with Gasteiger partial charge in [0.1, 0.15) is 5.75 Å². The molecule has 0 spiro atoms. The average molecular weight is 235 g/mol. The molecule has 0 saturated heterocycles. The summed E-state index contributed by atoms with van der Waals surface area (Å²) in [7, 11) is 1.34. The van der Waals surface area contributed by atoms with Gasteiger partial charge in [0.05, 0.1) is 7.11 Å². The Bertz CT molecular complexity index is 417. The molecule has 1 atom stereocenters. The molecular formula is C13H17NO3. The van der Waals surface area contributed by atoms with Crippen molar-refractivity contribution >= 4 is 5.97 Å². The smallest absolute Gasteiger partial charge is 0.343 e. The second-order valence-corrected chi connectivity index (χ2v) is 4.22. The van der Waals surface area contributed by atoms with Crippen LogP contribution in [0.25, 0.3) is 0 Å². The maximum atomic E-state index is 11.0. The summed E-state index contributed by atoms with van der Waals surface area (Å²) < 4.78 is 9.86. The molecule has 0 aromatic heterocycles. The minimum absolute atomic E-state index is 0.0650. The zero-order valence-corrected chi connectivity index (χ0v) is 9.94. The standard InChI is InChI=1S/C13H17NO3/c1-16-13(15)8-17-10-6-5-9-3-2-4-12(14)11(9)7-10/h5-7,12H,2-4,8,14H2,1H3. The van der Waals surface area contributed by atoms with Gasteiger partial charge in [-0.15, -0.1) is 0 Å². The maximum Gasteiger partial charge on any atom is 0.343 e. The molecule has 0 heterocycles. The fraction of sp³-hybridized carbons (Fsp3) is 0.462. The Morgan fingerprint density at radius 3 is 3.12 bits per heavy atom. The fourth-order valence-corrected chi connectivity index (χ4v) is 2.10. The van der Waals surface area contributed by atoms with E-state index in [1.54, 1.807) is 0 Å². The van der Waals surface area contributed by atoms with Gasteiger partial charge >= 0.3 is 5.97 Å². The van der Waals surface area contributed by atoms with Crippen LogP contribution in [0.5, 0.6) is 5.75 Å². The van der Waals surface area contributed by atoms with E-state index in [4.69, 9.17) is 10.5 Å². The van der Waals surface area contributed by atoms with Gasteiger partial charge in [-0.1, -0.05) is 6.07 Å². The summed E-state index contributed by atoms with van der Waals surface area (Å²) in [6.07, 6.45) is 3.21. The molecule has 1 aromatic rings. The molecule has 1 unspecified atom stereocenters. The van der Waals surface area contributed by atoms with E-state index in [2.05, 4.69) is 4.74 Å². The summed E-state index contributed by atoms with van der Waals surface area (Å²) in [5.41, 5.74) is 8.47. The third kappa shape index (κ3) is 2.77. The number of hydrogen-bond acceptors (Lipinski definition) is 4. The number of aryl methyl sites for hydroxylation is 1. The summed E-state index contributed by atoms with van der Waals surface area (Å²) >= 11 is 0. The number of carbonyl (C=O) groups is 1. The topological polar surface area (TPSA) is 61.5 Å². The summed E-state index contributed by atoms with van der Waals surface area (Å²) in [6, 6.07) is 5.92. The highest BCUT2D eigenvalue weighted by Gasteiger charge is 2.17. The van der Waals surface area contributed by atoms with Crippen LogP contribution < -0.4 is 10.5 Å². The number of carbonyl (C=O) groups excluding carboxylic acids is 1. The van der Waals surface area contributed by atoms with Gasteiger partial charge in [0.2, 0.25) is 0 Å². The molecule has 92 valence electrons. The first-order valence-electron chi connectivity index (χ1n) is 5.78. The van der Waals surface area contributed by atoms with Gasteiger partial charge in [-0.05, 0) is 42.5 Å². The SMILES string of the molecule is COC(=O)COc1ccc2c(c1)C(N)CCC2. The number of rotatable bonds is 3. The Hall–Kier alpha value is -1.55. The van der Waals surface area contributed by atoms with Crippen molar-refractivity contribution in [2.45, 2.75) is 25.3 Å². The molecule has 2 rings (SSSR count). The molecule has 4 heteroatoms. The van der Waals surface area contributed by atoms with Crippen LogP contribution >= 0.6 is 0 Å². The molecular weight excluding hydrogens is 218 g/mol. The first-order valence-corrected chi connectivity index (χ1v) is 5.78. The maximum absolute atomic E-state index is 11.0. The van der Waals surface area contributed by atoms with Crippen molar-refractivity contribution in [2.75, 3.05) is 13.7 Å². The van der Waals surface area contributed by atoms with Gasteiger partial charge in [0.25, 0.3) is 0 Å². The summed E-state index contributed by atoms with van der Waals surface area (Å²) in [5.74, 6) is 0.290. The van der Waals surface area contributed by atoms with Crippen LogP contribution in [0.3, 0.4) is 0 Å². The van der Waals surface area contributed by atoms with Gasteiger partial charge < -0.3 is 15.2 Å². The molecule has 2 N–H and O–H groups in total. The van der Waals surface area contributed by atoms with Crippen molar-refractivity contribution < 1.29 is 14.3 Å². The summed E-state index contributed by atoms with van der Waals surface area (Å²) in [5, 5.41) is 0. The van der Waals surface area contributed by atoms with Crippen LogP contribution in [0.1, 0.15) is 30.0 Å². The third-order valence-corrected chi connectivity index (χ3v) is 3.06. The van der Waals surface area contributed by atoms with E-state index in [0.717, 1.165) is 24.8 Å². The normalized spacial score (nSPS) is 18.4. The highest BCUT2D eigenvalue weighted by molar-refractivity contribution is 5.70.